The molecule has 0 saturated heterocycles. The van der Waals surface area contributed by atoms with E-state index >= 15 is 0 Å². The standard InChI is InChI=1S/C10H17ClN2/c1-8(2)13-7-6-10(12-13)5-4-9(3)11/h6-9H,4-5H2,1-3H3. The first-order valence-corrected chi connectivity index (χ1v) is 5.21. The van der Waals surface area contributed by atoms with E-state index in [0.717, 1.165) is 18.5 Å². The third-order valence-electron chi connectivity index (χ3n) is 1.99. The number of hydrogen-bond donors (Lipinski definition) is 0. The van der Waals surface area contributed by atoms with Crippen molar-refractivity contribution in [3.05, 3.63) is 18.0 Å². The summed E-state index contributed by atoms with van der Waals surface area (Å²) in [5, 5.41) is 4.68. The van der Waals surface area contributed by atoms with Gasteiger partial charge in [-0.05, 0) is 39.7 Å². The molecule has 1 aromatic rings. The van der Waals surface area contributed by atoms with Crippen LogP contribution in [0.4, 0.5) is 0 Å². The van der Waals surface area contributed by atoms with E-state index in [1.165, 1.54) is 0 Å². The highest BCUT2D eigenvalue weighted by Crippen LogP contribution is 2.09. The Balaban J connectivity index is 2.49. The van der Waals surface area contributed by atoms with Crippen LogP contribution in [0.15, 0.2) is 12.3 Å². The fourth-order valence-corrected chi connectivity index (χ4v) is 1.25. The predicted molar refractivity (Wildman–Crippen MR) is 56.2 cm³/mol. The second kappa shape index (κ2) is 4.66. The van der Waals surface area contributed by atoms with Gasteiger partial charge >= 0.3 is 0 Å². The molecule has 1 rings (SSSR count). The summed E-state index contributed by atoms with van der Waals surface area (Å²) in [4.78, 5) is 0. The van der Waals surface area contributed by atoms with Crippen LogP contribution in [0.2, 0.25) is 0 Å². The first-order chi connectivity index (χ1) is 6.09. The SMILES string of the molecule is CC(Cl)CCc1ccn(C(C)C)n1. The monoisotopic (exact) mass is 200 g/mol. The van der Waals surface area contributed by atoms with E-state index in [4.69, 9.17) is 11.6 Å². The molecule has 0 aliphatic rings. The van der Waals surface area contributed by atoms with E-state index in [1.54, 1.807) is 0 Å². The fourth-order valence-electron chi connectivity index (χ4n) is 1.15. The predicted octanol–water partition coefficient (Wildman–Crippen LogP) is 3.02. The molecule has 0 fully saturated rings. The van der Waals surface area contributed by atoms with Crippen molar-refractivity contribution < 1.29 is 0 Å². The lowest BCUT2D eigenvalue weighted by molar-refractivity contribution is 0.525. The van der Waals surface area contributed by atoms with Gasteiger partial charge in [0.15, 0.2) is 0 Å². The molecule has 0 N–H and O–H groups in total. The Bertz CT molecular complexity index is 253. The van der Waals surface area contributed by atoms with Crippen LogP contribution in [0.3, 0.4) is 0 Å². The number of alkyl halides is 1. The first-order valence-electron chi connectivity index (χ1n) is 4.77. The third kappa shape index (κ3) is 3.39. The average Bonchev–Trinajstić information content (AvgIpc) is 2.48. The van der Waals surface area contributed by atoms with E-state index in [2.05, 4.69) is 25.0 Å². The van der Waals surface area contributed by atoms with Crippen molar-refractivity contribution in [2.45, 2.75) is 45.0 Å². The van der Waals surface area contributed by atoms with E-state index in [-0.39, 0.29) is 5.38 Å². The Morgan fingerprint density at radius 3 is 2.62 bits per heavy atom. The molecule has 0 aromatic carbocycles. The minimum absolute atomic E-state index is 0.240. The van der Waals surface area contributed by atoms with Crippen molar-refractivity contribution in [1.29, 1.82) is 0 Å². The molecule has 1 aromatic heterocycles. The zero-order valence-corrected chi connectivity index (χ0v) is 9.25. The number of nitrogens with zero attached hydrogens (tertiary/aromatic N) is 2. The molecule has 74 valence electrons. The van der Waals surface area contributed by atoms with Crippen LogP contribution >= 0.6 is 11.6 Å². The van der Waals surface area contributed by atoms with Crippen molar-refractivity contribution >= 4 is 11.6 Å². The average molecular weight is 201 g/mol. The van der Waals surface area contributed by atoms with Crippen LogP contribution < -0.4 is 0 Å². The van der Waals surface area contributed by atoms with Gasteiger partial charge in [-0.1, -0.05) is 0 Å². The summed E-state index contributed by atoms with van der Waals surface area (Å²) >= 11 is 5.86. The molecule has 0 radical (unpaired) electrons. The minimum atomic E-state index is 0.240. The molecule has 0 bridgehead atoms. The van der Waals surface area contributed by atoms with Gasteiger partial charge in [0.2, 0.25) is 0 Å². The van der Waals surface area contributed by atoms with E-state index < -0.39 is 0 Å². The molecule has 3 heteroatoms. The minimum Gasteiger partial charge on any atom is -0.270 e. The molecule has 0 spiro atoms. The van der Waals surface area contributed by atoms with Gasteiger partial charge in [-0.2, -0.15) is 5.10 Å². The highest BCUT2D eigenvalue weighted by Gasteiger charge is 2.03. The summed E-state index contributed by atoms with van der Waals surface area (Å²) in [6.07, 6.45) is 4.00. The maximum absolute atomic E-state index is 5.86. The van der Waals surface area contributed by atoms with Crippen molar-refractivity contribution in [1.82, 2.24) is 9.78 Å². The Labute approximate surface area is 84.9 Å². The largest absolute Gasteiger partial charge is 0.270 e. The quantitative estimate of drug-likeness (QED) is 0.684. The zero-order chi connectivity index (χ0) is 9.84. The molecular weight excluding hydrogens is 184 g/mol. The maximum Gasteiger partial charge on any atom is 0.0625 e. The molecule has 1 heterocycles. The number of aryl methyl sites for hydroxylation is 1. The lowest BCUT2D eigenvalue weighted by Crippen LogP contribution is -2.02. The Hall–Kier alpha value is -0.500. The highest BCUT2D eigenvalue weighted by molar-refractivity contribution is 6.20. The van der Waals surface area contributed by atoms with Gasteiger partial charge in [0.1, 0.15) is 0 Å². The Kier molecular flexibility index (Phi) is 3.79. The molecule has 0 aliphatic carbocycles. The maximum atomic E-state index is 5.86. The van der Waals surface area contributed by atoms with Gasteiger partial charge in [-0.25, -0.2) is 0 Å². The van der Waals surface area contributed by atoms with E-state index in [0.29, 0.717) is 6.04 Å². The number of rotatable bonds is 4. The Morgan fingerprint density at radius 1 is 1.46 bits per heavy atom. The molecule has 1 unspecified atom stereocenters. The molecule has 0 aliphatic heterocycles. The number of halogens is 1. The summed E-state index contributed by atoms with van der Waals surface area (Å²) in [6.45, 7) is 6.27. The van der Waals surface area contributed by atoms with Crippen LogP contribution in [0, 0.1) is 0 Å². The van der Waals surface area contributed by atoms with Gasteiger partial charge in [-0.15, -0.1) is 11.6 Å². The zero-order valence-electron chi connectivity index (χ0n) is 8.50. The second-order valence-corrected chi connectivity index (χ2v) is 4.45. The third-order valence-corrected chi connectivity index (χ3v) is 2.21. The van der Waals surface area contributed by atoms with Crippen molar-refractivity contribution in [3.63, 3.8) is 0 Å². The summed E-state index contributed by atoms with van der Waals surface area (Å²) < 4.78 is 1.98. The molecule has 13 heavy (non-hydrogen) atoms. The normalized spacial score (nSPS) is 13.6. The van der Waals surface area contributed by atoms with Gasteiger partial charge < -0.3 is 0 Å². The van der Waals surface area contributed by atoms with Crippen molar-refractivity contribution in [3.8, 4) is 0 Å². The lowest BCUT2D eigenvalue weighted by atomic mass is 10.2. The van der Waals surface area contributed by atoms with Gasteiger partial charge in [-0.3, -0.25) is 4.68 Å². The molecule has 2 nitrogen and oxygen atoms in total. The van der Waals surface area contributed by atoms with Gasteiger partial charge in [0, 0.05) is 17.6 Å². The van der Waals surface area contributed by atoms with Gasteiger partial charge in [0.05, 0.1) is 5.69 Å². The summed E-state index contributed by atoms with van der Waals surface area (Å²) in [6, 6.07) is 2.52. The Morgan fingerprint density at radius 2 is 2.15 bits per heavy atom. The van der Waals surface area contributed by atoms with E-state index in [9.17, 15) is 0 Å². The topological polar surface area (TPSA) is 17.8 Å². The summed E-state index contributed by atoms with van der Waals surface area (Å²) in [5.74, 6) is 0. The number of hydrogen-bond acceptors (Lipinski definition) is 1. The lowest BCUT2D eigenvalue weighted by Gasteiger charge is -2.04. The molecular formula is C10H17ClN2. The van der Waals surface area contributed by atoms with Gasteiger partial charge in [0.25, 0.3) is 0 Å². The van der Waals surface area contributed by atoms with Crippen molar-refractivity contribution in [2.75, 3.05) is 0 Å². The fraction of sp³-hybridized carbons (Fsp3) is 0.700. The second-order valence-electron chi connectivity index (χ2n) is 3.70. The van der Waals surface area contributed by atoms with Crippen LogP contribution in [-0.2, 0) is 6.42 Å². The van der Waals surface area contributed by atoms with Crippen LogP contribution in [0.25, 0.3) is 0 Å². The molecule has 0 amide bonds. The molecule has 0 saturated carbocycles. The highest BCUT2D eigenvalue weighted by atomic mass is 35.5. The van der Waals surface area contributed by atoms with Crippen LogP contribution in [0.1, 0.15) is 38.9 Å². The number of aromatic nitrogens is 2. The van der Waals surface area contributed by atoms with Crippen molar-refractivity contribution in [2.24, 2.45) is 0 Å². The smallest absolute Gasteiger partial charge is 0.0625 e. The summed E-state index contributed by atoms with van der Waals surface area (Å²) in [5.41, 5.74) is 1.14. The molecule has 1 atom stereocenters. The summed E-state index contributed by atoms with van der Waals surface area (Å²) in [7, 11) is 0. The van der Waals surface area contributed by atoms with Crippen LogP contribution in [0.5, 0.6) is 0 Å². The van der Waals surface area contributed by atoms with E-state index in [1.807, 2.05) is 17.8 Å². The first kappa shape index (κ1) is 10.6. The van der Waals surface area contributed by atoms with Crippen LogP contribution in [-0.4, -0.2) is 15.2 Å².